The van der Waals surface area contributed by atoms with Gasteiger partial charge in [0.1, 0.15) is 6.54 Å². The zero-order valence-electron chi connectivity index (χ0n) is 25.3. The summed E-state index contributed by atoms with van der Waals surface area (Å²) in [6.45, 7) is 3.42. The summed E-state index contributed by atoms with van der Waals surface area (Å²) in [5.74, 6) is 0. The molecule has 0 unspecified atom stereocenters. The third-order valence-corrected chi connectivity index (χ3v) is 8.02. The summed E-state index contributed by atoms with van der Waals surface area (Å²) in [5.41, 5.74) is 3.73. The molecular weight excluding hydrogens is 472 g/mol. The minimum absolute atomic E-state index is 1.13. The minimum atomic E-state index is 1.13. The first-order chi connectivity index (χ1) is 19.2. The van der Waals surface area contributed by atoms with Crippen molar-refractivity contribution in [3.8, 4) is 0 Å². The van der Waals surface area contributed by atoms with E-state index in [0.717, 1.165) is 6.54 Å². The first-order valence-corrected chi connectivity index (χ1v) is 16.0. The van der Waals surface area contributed by atoms with Crippen LogP contribution in [-0.4, -0.2) is 14.1 Å². The molecule has 1 aromatic heterocycles. The molecule has 2 heteroatoms. The Morgan fingerprint density at radius 2 is 1.03 bits per heavy atom. The standard InChI is InChI=1S/C37H55N2/c1-4-5-6-7-8-9-10-11-12-13-14-15-16-17-18-19-28-39-29-26-33(27-30-39)20-21-34-22-23-36-32-37(38(2)3)25-24-35(36)31-34/h20-27,29-32H,4-19,28H2,1-3H3/q+1. The molecular formula is C37H55N2+. The predicted octanol–water partition coefficient (Wildman–Crippen LogP) is 10.6. The van der Waals surface area contributed by atoms with Crippen molar-refractivity contribution >= 4 is 28.6 Å². The molecule has 0 atom stereocenters. The van der Waals surface area contributed by atoms with Crippen LogP contribution in [0.4, 0.5) is 5.69 Å². The van der Waals surface area contributed by atoms with E-state index in [2.05, 4.69) is 104 Å². The van der Waals surface area contributed by atoms with Crippen LogP contribution < -0.4 is 9.47 Å². The van der Waals surface area contributed by atoms with Gasteiger partial charge in [0.05, 0.1) is 0 Å². The molecule has 0 aliphatic heterocycles. The lowest BCUT2D eigenvalue weighted by atomic mass is 10.0. The molecule has 0 N–H and O–H groups in total. The van der Waals surface area contributed by atoms with Gasteiger partial charge in [-0.15, -0.1) is 0 Å². The van der Waals surface area contributed by atoms with Gasteiger partial charge < -0.3 is 4.90 Å². The Balaban J connectivity index is 1.22. The van der Waals surface area contributed by atoms with Crippen LogP contribution in [0.25, 0.3) is 22.9 Å². The number of nitrogens with zero attached hydrogens (tertiary/aromatic N) is 2. The maximum absolute atomic E-state index is 2.33. The van der Waals surface area contributed by atoms with Crippen molar-refractivity contribution in [3.05, 3.63) is 72.1 Å². The highest BCUT2D eigenvalue weighted by Crippen LogP contribution is 2.23. The highest BCUT2D eigenvalue weighted by atomic mass is 15.1. The third-order valence-electron chi connectivity index (χ3n) is 8.02. The van der Waals surface area contributed by atoms with E-state index in [1.165, 1.54) is 130 Å². The second-order valence-electron chi connectivity index (χ2n) is 11.7. The Labute approximate surface area is 240 Å². The summed E-state index contributed by atoms with van der Waals surface area (Å²) >= 11 is 0. The second kappa shape index (κ2) is 18.6. The van der Waals surface area contributed by atoms with E-state index in [9.17, 15) is 0 Å². The summed E-state index contributed by atoms with van der Waals surface area (Å²) in [4.78, 5) is 2.15. The van der Waals surface area contributed by atoms with Crippen LogP contribution in [0.3, 0.4) is 0 Å². The number of aromatic nitrogens is 1. The maximum atomic E-state index is 2.33. The topological polar surface area (TPSA) is 7.12 Å². The van der Waals surface area contributed by atoms with Crippen LogP contribution in [-0.2, 0) is 6.54 Å². The Bertz CT molecular complexity index is 1080. The monoisotopic (exact) mass is 527 g/mol. The molecule has 0 saturated carbocycles. The van der Waals surface area contributed by atoms with Gasteiger partial charge in [0, 0.05) is 38.3 Å². The first kappa shape index (κ1) is 30.9. The largest absolute Gasteiger partial charge is 0.378 e. The molecule has 0 saturated heterocycles. The maximum Gasteiger partial charge on any atom is 0.169 e. The van der Waals surface area contributed by atoms with Crippen molar-refractivity contribution in [3.63, 3.8) is 0 Å². The van der Waals surface area contributed by atoms with Crippen molar-refractivity contribution in [2.24, 2.45) is 0 Å². The summed E-state index contributed by atoms with van der Waals surface area (Å²) < 4.78 is 2.33. The van der Waals surface area contributed by atoms with Crippen LogP contribution in [0.5, 0.6) is 0 Å². The molecule has 0 amide bonds. The summed E-state index contributed by atoms with van der Waals surface area (Å²) in [7, 11) is 4.17. The average molecular weight is 528 g/mol. The van der Waals surface area contributed by atoms with Crippen molar-refractivity contribution in [1.29, 1.82) is 0 Å². The van der Waals surface area contributed by atoms with Crippen LogP contribution >= 0.6 is 0 Å². The van der Waals surface area contributed by atoms with Crippen LogP contribution in [0.1, 0.15) is 121 Å². The average Bonchev–Trinajstić information content (AvgIpc) is 2.96. The van der Waals surface area contributed by atoms with E-state index < -0.39 is 0 Å². The van der Waals surface area contributed by atoms with E-state index in [-0.39, 0.29) is 0 Å². The molecule has 212 valence electrons. The highest BCUT2D eigenvalue weighted by molar-refractivity contribution is 5.88. The number of fused-ring (bicyclic) bond motifs is 1. The molecule has 0 aliphatic rings. The van der Waals surface area contributed by atoms with Gasteiger partial charge >= 0.3 is 0 Å². The Morgan fingerprint density at radius 3 is 1.59 bits per heavy atom. The van der Waals surface area contributed by atoms with Crippen molar-refractivity contribution < 1.29 is 4.57 Å². The Hall–Kier alpha value is -2.61. The Morgan fingerprint density at radius 1 is 0.538 bits per heavy atom. The summed E-state index contributed by atoms with van der Waals surface area (Å²) in [6, 6.07) is 17.8. The number of hydrogen-bond donors (Lipinski definition) is 0. The molecule has 0 bridgehead atoms. The molecule has 0 aliphatic carbocycles. The second-order valence-corrected chi connectivity index (χ2v) is 11.7. The third kappa shape index (κ3) is 12.4. The lowest BCUT2D eigenvalue weighted by Gasteiger charge is -2.13. The minimum Gasteiger partial charge on any atom is -0.378 e. The number of aryl methyl sites for hydroxylation is 1. The number of pyridine rings is 1. The van der Waals surface area contributed by atoms with Gasteiger partial charge in [-0.2, -0.15) is 0 Å². The van der Waals surface area contributed by atoms with Gasteiger partial charge in [-0.05, 0) is 46.5 Å². The van der Waals surface area contributed by atoms with E-state index in [1.807, 2.05) is 0 Å². The highest BCUT2D eigenvalue weighted by Gasteiger charge is 2.02. The summed E-state index contributed by atoms with van der Waals surface area (Å²) in [6.07, 6.45) is 31.6. The number of hydrogen-bond acceptors (Lipinski definition) is 1. The quantitative estimate of drug-likeness (QED) is 0.105. The van der Waals surface area contributed by atoms with E-state index in [1.54, 1.807) is 0 Å². The fourth-order valence-corrected chi connectivity index (χ4v) is 5.40. The zero-order chi connectivity index (χ0) is 27.5. The SMILES string of the molecule is CCCCCCCCCCCCCCCCCC[n+]1ccc(/C=C/c2ccc3cc(N(C)C)ccc3c2)cc1. The van der Waals surface area contributed by atoms with E-state index in [4.69, 9.17) is 0 Å². The van der Waals surface area contributed by atoms with Gasteiger partial charge in [0.25, 0.3) is 0 Å². The molecule has 2 aromatic carbocycles. The molecule has 1 heterocycles. The smallest absolute Gasteiger partial charge is 0.169 e. The van der Waals surface area contributed by atoms with Gasteiger partial charge in [-0.25, -0.2) is 4.57 Å². The molecule has 2 nitrogen and oxygen atoms in total. The molecule has 39 heavy (non-hydrogen) atoms. The van der Waals surface area contributed by atoms with Crippen molar-refractivity contribution in [2.75, 3.05) is 19.0 Å². The van der Waals surface area contributed by atoms with Crippen LogP contribution in [0, 0.1) is 0 Å². The molecule has 3 aromatic rings. The van der Waals surface area contributed by atoms with Gasteiger partial charge in [-0.1, -0.05) is 127 Å². The number of unbranched alkanes of at least 4 members (excludes halogenated alkanes) is 15. The van der Waals surface area contributed by atoms with Crippen LogP contribution in [0.2, 0.25) is 0 Å². The Kier molecular flexibility index (Phi) is 14.8. The molecule has 0 radical (unpaired) electrons. The lowest BCUT2D eigenvalue weighted by molar-refractivity contribution is -0.697. The van der Waals surface area contributed by atoms with Crippen molar-refractivity contribution in [1.82, 2.24) is 0 Å². The zero-order valence-corrected chi connectivity index (χ0v) is 25.3. The first-order valence-electron chi connectivity index (χ1n) is 16.0. The molecule has 0 fully saturated rings. The summed E-state index contributed by atoms with van der Waals surface area (Å²) in [5, 5.41) is 2.57. The fraction of sp³-hybridized carbons (Fsp3) is 0.541. The van der Waals surface area contributed by atoms with Crippen LogP contribution in [0.15, 0.2) is 60.9 Å². The van der Waals surface area contributed by atoms with E-state index in [0.29, 0.717) is 0 Å². The number of anilines is 1. The van der Waals surface area contributed by atoms with Crippen molar-refractivity contribution in [2.45, 2.75) is 116 Å². The van der Waals surface area contributed by atoms with Gasteiger partial charge in [0.15, 0.2) is 12.4 Å². The molecule has 0 spiro atoms. The fourth-order valence-electron chi connectivity index (χ4n) is 5.40. The lowest BCUT2D eigenvalue weighted by Crippen LogP contribution is -2.32. The van der Waals surface area contributed by atoms with E-state index >= 15 is 0 Å². The normalized spacial score (nSPS) is 11.6. The molecule has 3 rings (SSSR count). The van der Waals surface area contributed by atoms with Gasteiger partial charge in [0.2, 0.25) is 0 Å². The number of benzene rings is 2. The number of rotatable bonds is 20. The predicted molar refractivity (Wildman–Crippen MR) is 173 cm³/mol. The van der Waals surface area contributed by atoms with Gasteiger partial charge in [-0.3, -0.25) is 0 Å².